The van der Waals surface area contributed by atoms with Gasteiger partial charge in [-0.15, -0.1) is 0 Å². The maximum atomic E-state index is 13.2. The fraction of sp³-hybridized carbons (Fsp3) is 0.364. The molecule has 2 aromatic carbocycles. The third-order valence-corrected chi connectivity index (χ3v) is 5.80. The first kappa shape index (κ1) is 21.6. The lowest BCUT2D eigenvalue weighted by molar-refractivity contribution is -0.130. The van der Waals surface area contributed by atoms with Gasteiger partial charge in [0, 0.05) is 29.6 Å². The van der Waals surface area contributed by atoms with Crippen LogP contribution in [0.1, 0.15) is 29.5 Å². The summed E-state index contributed by atoms with van der Waals surface area (Å²) in [6.07, 6.45) is 1.76. The lowest BCUT2D eigenvalue weighted by Crippen LogP contribution is -2.51. The summed E-state index contributed by atoms with van der Waals surface area (Å²) in [5.74, 6) is -0.441. The van der Waals surface area contributed by atoms with E-state index < -0.39 is 11.5 Å². The number of nitrogens with two attached hydrogens (primary N) is 1. The molecule has 1 aliphatic carbocycles. The number of benzene rings is 2. The largest absolute Gasteiger partial charge is 0.353 e. The van der Waals surface area contributed by atoms with E-state index in [9.17, 15) is 9.59 Å². The molecule has 4 N–H and O–H groups in total. The third kappa shape index (κ3) is 5.10. The summed E-state index contributed by atoms with van der Waals surface area (Å²) in [6, 6.07) is 12.4. The minimum atomic E-state index is -0.707. The molecule has 3 rings (SSSR count). The Hall–Kier alpha value is -2.08. The van der Waals surface area contributed by atoms with Gasteiger partial charge in [0.2, 0.25) is 11.8 Å². The van der Waals surface area contributed by atoms with Crippen LogP contribution < -0.4 is 16.4 Å². The van der Waals surface area contributed by atoms with Crippen LogP contribution >= 0.6 is 23.2 Å². The van der Waals surface area contributed by atoms with Crippen molar-refractivity contribution in [3.8, 4) is 0 Å². The molecule has 2 aromatic rings. The first-order valence-corrected chi connectivity index (χ1v) is 10.4. The smallest absolute Gasteiger partial charge is 0.242 e. The highest BCUT2D eigenvalue weighted by atomic mass is 35.5. The number of nitrogens with one attached hydrogen (secondary N) is 2. The van der Waals surface area contributed by atoms with Crippen LogP contribution in [-0.2, 0) is 21.4 Å². The highest BCUT2D eigenvalue weighted by molar-refractivity contribution is 6.35. The van der Waals surface area contributed by atoms with Gasteiger partial charge in [0.15, 0.2) is 0 Å². The second-order valence-electron chi connectivity index (χ2n) is 7.50. The van der Waals surface area contributed by atoms with Crippen molar-refractivity contribution < 1.29 is 9.59 Å². The number of carbonyl (C=O) groups excluding carboxylic acids is 2. The molecule has 154 valence electrons. The Kier molecular flexibility index (Phi) is 6.83. The van der Waals surface area contributed by atoms with E-state index in [1.54, 1.807) is 18.2 Å². The van der Waals surface area contributed by atoms with Crippen molar-refractivity contribution in [2.24, 2.45) is 5.73 Å². The molecule has 0 unspecified atom stereocenters. The average molecular weight is 434 g/mol. The number of halogens is 2. The van der Waals surface area contributed by atoms with Gasteiger partial charge in [-0.25, -0.2) is 0 Å². The molecular formula is C22H25Cl2N3O2. The van der Waals surface area contributed by atoms with Crippen molar-refractivity contribution in [3.63, 3.8) is 0 Å². The molecule has 1 atom stereocenters. The average Bonchev–Trinajstić information content (AvgIpc) is 3.49. The molecule has 29 heavy (non-hydrogen) atoms. The second-order valence-corrected chi connectivity index (χ2v) is 8.35. The Bertz CT molecular complexity index is 895. The molecule has 0 bridgehead atoms. The Labute approximate surface area is 181 Å². The SMILES string of the molecule is Cc1ccc(C[C@H](NC(=O)C2(c3ccc(Cl)cc3Cl)CC2)C(=O)NCCN)cc1. The lowest BCUT2D eigenvalue weighted by atomic mass is 9.94. The third-order valence-electron chi connectivity index (χ3n) is 5.26. The van der Waals surface area contributed by atoms with Crippen molar-refractivity contribution in [2.75, 3.05) is 13.1 Å². The summed E-state index contributed by atoms with van der Waals surface area (Å²) in [5.41, 5.74) is 7.65. The zero-order valence-electron chi connectivity index (χ0n) is 16.3. The number of aryl methyl sites for hydroxylation is 1. The molecule has 1 aliphatic rings. The first-order valence-electron chi connectivity index (χ1n) is 9.65. The molecule has 2 amide bonds. The fourth-order valence-corrected chi connectivity index (χ4v) is 3.99. The number of hydrogen-bond acceptors (Lipinski definition) is 3. The first-order chi connectivity index (χ1) is 13.9. The van der Waals surface area contributed by atoms with Crippen LogP contribution in [0.3, 0.4) is 0 Å². The van der Waals surface area contributed by atoms with Crippen molar-refractivity contribution in [1.82, 2.24) is 10.6 Å². The zero-order valence-corrected chi connectivity index (χ0v) is 17.8. The van der Waals surface area contributed by atoms with E-state index in [0.717, 1.165) is 16.7 Å². The van der Waals surface area contributed by atoms with E-state index in [1.165, 1.54) is 0 Å². The van der Waals surface area contributed by atoms with Gasteiger partial charge in [0.25, 0.3) is 0 Å². The van der Waals surface area contributed by atoms with Gasteiger partial charge in [-0.1, -0.05) is 59.1 Å². The highest BCUT2D eigenvalue weighted by Gasteiger charge is 2.53. The van der Waals surface area contributed by atoms with E-state index in [4.69, 9.17) is 28.9 Å². The topological polar surface area (TPSA) is 84.2 Å². The molecule has 1 fully saturated rings. The minimum absolute atomic E-state index is 0.193. The van der Waals surface area contributed by atoms with Crippen molar-refractivity contribution in [2.45, 2.75) is 37.6 Å². The monoisotopic (exact) mass is 433 g/mol. The molecule has 0 saturated heterocycles. The van der Waals surface area contributed by atoms with E-state index in [1.807, 2.05) is 31.2 Å². The molecule has 0 aromatic heterocycles. The molecular weight excluding hydrogens is 409 g/mol. The van der Waals surface area contributed by atoms with Gasteiger partial charge < -0.3 is 16.4 Å². The molecule has 7 heteroatoms. The van der Waals surface area contributed by atoms with E-state index in [2.05, 4.69) is 10.6 Å². The number of carbonyl (C=O) groups is 2. The van der Waals surface area contributed by atoms with Gasteiger partial charge >= 0.3 is 0 Å². The van der Waals surface area contributed by atoms with Gasteiger partial charge in [-0.05, 0) is 43.0 Å². The van der Waals surface area contributed by atoms with Gasteiger partial charge in [0.05, 0.1) is 5.41 Å². The summed E-state index contributed by atoms with van der Waals surface area (Å²) in [5, 5.41) is 6.71. The van der Waals surface area contributed by atoms with Crippen LogP contribution in [0.25, 0.3) is 0 Å². The van der Waals surface area contributed by atoms with Gasteiger partial charge in [-0.2, -0.15) is 0 Å². The predicted molar refractivity (Wildman–Crippen MR) is 116 cm³/mol. The second kappa shape index (κ2) is 9.16. The summed E-state index contributed by atoms with van der Waals surface area (Å²) in [6.45, 7) is 2.69. The maximum absolute atomic E-state index is 13.2. The quantitative estimate of drug-likeness (QED) is 0.597. The van der Waals surface area contributed by atoms with E-state index in [0.29, 0.717) is 42.4 Å². The fourth-order valence-electron chi connectivity index (χ4n) is 3.41. The predicted octanol–water partition coefficient (Wildman–Crippen LogP) is 3.14. The maximum Gasteiger partial charge on any atom is 0.242 e. The highest BCUT2D eigenvalue weighted by Crippen LogP contribution is 2.51. The standard InChI is InChI=1S/C22H25Cl2N3O2/c1-14-2-4-15(5-3-14)12-19(20(28)26-11-10-25)27-21(29)22(8-9-22)17-7-6-16(23)13-18(17)24/h2-7,13,19H,8-12,25H2,1H3,(H,26,28)(H,27,29)/t19-/m0/s1. The van der Waals surface area contributed by atoms with Crippen molar-refractivity contribution in [3.05, 3.63) is 69.2 Å². The normalized spacial score (nSPS) is 15.4. The lowest BCUT2D eigenvalue weighted by Gasteiger charge is -2.23. The van der Waals surface area contributed by atoms with Gasteiger partial charge in [-0.3, -0.25) is 9.59 Å². The number of rotatable bonds is 8. The van der Waals surface area contributed by atoms with Crippen LogP contribution in [0, 0.1) is 6.92 Å². The van der Waals surface area contributed by atoms with Crippen LogP contribution in [0.2, 0.25) is 10.0 Å². The van der Waals surface area contributed by atoms with Crippen LogP contribution in [0.4, 0.5) is 0 Å². The Balaban J connectivity index is 1.79. The summed E-state index contributed by atoms with van der Waals surface area (Å²) in [4.78, 5) is 25.9. The zero-order chi connectivity index (χ0) is 21.0. The van der Waals surface area contributed by atoms with E-state index >= 15 is 0 Å². The summed E-state index contributed by atoms with van der Waals surface area (Å²) < 4.78 is 0. The Morgan fingerprint density at radius 3 is 2.41 bits per heavy atom. The minimum Gasteiger partial charge on any atom is -0.353 e. The van der Waals surface area contributed by atoms with Crippen LogP contribution in [0.5, 0.6) is 0 Å². The molecule has 0 aliphatic heterocycles. The molecule has 5 nitrogen and oxygen atoms in total. The Morgan fingerprint density at radius 2 is 1.83 bits per heavy atom. The Morgan fingerprint density at radius 1 is 1.14 bits per heavy atom. The molecule has 0 spiro atoms. The van der Waals surface area contributed by atoms with Crippen LogP contribution in [-0.4, -0.2) is 30.9 Å². The van der Waals surface area contributed by atoms with Crippen LogP contribution in [0.15, 0.2) is 42.5 Å². The van der Waals surface area contributed by atoms with Gasteiger partial charge in [0.1, 0.15) is 6.04 Å². The van der Waals surface area contributed by atoms with E-state index in [-0.39, 0.29) is 11.8 Å². The number of hydrogen-bond donors (Lipinski definition) is 3. The molecule has 0 radical (unpaired) electrons. The molecule has 0 heterocycles. The van der Waals surface area contributed by atoms with Crippen molar-refractivity contribution >= 4 is 35.0 Å². The summed E-state index contributed by atoms with van der Waals surface area (Å²) >= 11 is 12.3. The summed E-state index contributed by atoms with van der Waals surface area (Å²) in [7, 11) is 0. The molecule has 1 saturated carbocycles. The number of amides is 2. The van der Waals surface area contributed by atoms with Crippen molar-refractivity contribution in [1.29, 1.82) is 0 Å².